The molecule has 1 aliphatic heterocycles. The number of benzene rings is 1. The summed E-state index contributed by atoms with van der Waals surface area (Å²) in [6, 6.07) is 10.1. The summed E-state index contributed by atoms with van der Waals surface area (Å²) in [6.45, 7) is 7.51. The first-order chi connectivity index (χ1) is 12.0. The van der Waals surface area contributed by atoms with E-state index in [0.29, 0.717) is 12.5 Å². The Balaban J connectivity index is 2.02. The summed E-state index contributed by atoms with van der Waals surface area (Å²) in [7, 11) is 0. The van der Waals surface area contributed by atoms with E-state index in [-0.39, 0.29) is 11.9 Å². The van der Waals surface area contributed by atoms with Gasteiger partial charge in [0.25, 0.3) is 5.91 Å². The lowest BCUT2D eigenvalue weighted by molar-refractivity contribution is 0.0533. The number of carbonyl (C=O) groups excluding carboxylic acids is 1. The van der Waals surface area contributed by atoms with E-state index in [0.717, 1.165) is 47.3 Å². The van der Waals surface area contributed by atoms with Crippen molar-refractivity contribution in [3.8, 4) is 11.3 Å². The van der Waals surface area contributed by atoms with Gasteiger partial charge in [-0.05, 0) is 50.3 Å². The van der Waals surface area contributed by atoms with E-state index < -0.39 is 0 Å². The Labute approximate surface area is 150 Å². The Bertz CT molecular complexity index is 754. The molecule has 1 aromatic heterocycles. The minimum Gasteiger partial charge on any atom is -0.334 e. The van der Waals surface area contributed by atoms with Crippen molar-refractivity contribution in [2.45, 2.75) is 39.7 Å². The maximum absolute atomic E-state index is 13.4. The number of piperidine rings is 1. The molecule has 0 saturated carbocycles. The molecule has 0 unspecified atom stereocenters. The van der Waals surface area contributed by atoms with Gasteiger partial charge >= 0.3 is 0 Å². The van der Waals surface area contributed by atoms with Gasteiger partial charge in [0.2, 0.25) is 0 Å². The largest absolute Gasteiger partial charge is 0.334 e. The first-order valence-corrected chi connectivity index (χ1v) is 9.06. The van der Waals surface area contributed by atoms with Crippen molar-refractivity contribution in [3.05, 3.63) is 53.2 Å². The molecular formula is C21H27N3O. The van der Waals surface area contributed by atoms with Crippen LogP contribution in [0.5, 0.6) is 0 Å². The average molecular weight is 337 g/mol. The standard InChI is InChI=1S/C21H27N3O/c1-14-6-8-17(19-9-7-15(2)13-23-19)18(11-14)21(25)24-10-4-5-16(3)20(24)12-22/h6-9,11,13,16,20H,4-5,10,12,22H2,1-3H3/t16-,20-/m1/s1. The van der Waals surface area contributed by atoms with Gasteiger partial charge in [0.1, 0.15) is 0 Å². The fraction of sp³-hybridized carbons (Fsp3) is 0.429. The molecule has 2 N–H and O–H groups in total. The Morgan fingerprint density at radius 3 is 2.68 bits per heavy atom. The van der Waals surface area contributed by atoms with E-state index in [1.165, 1.54) is 0 Å². The summed E-state index contributed by atoms with van der Waals surface area (Å²) < 4.78 is 0. The molecular weight excluding hydrogens is 310 g/mol. The SMILES string of the molecule is Cc1ccc(-c2ccc(C)cc2C(=O)N2CCC[C@@H](C)[C@H]2CN)nc1. The van der Waals surface area contributed by atoms with Crippen LogP contribution in [-0.4, -0.2) is 34.9 Å². The first kappa shape index (κ1) is 17.6. The number of carbonyl (C=O) groups is 1. The van der Waals surface area contributed by atoms with Gasteiger partial charge in [0.15, 0.2) is 0 Å². The molecule has 0 spiro atoms. The summed E-state index contributed by atoms with van der Waals surface area (Å²) in [5.41, 5.74) is 10.6. The minimum atomic E-state index is 0.0723. The van der Waals surface area contributed by atoms with Crippen molar-refractivity contribution in [3.63, 3.8) is 0 Å². The molecule has 4 nitrogen and oxygen atoms in total. The maximum atomic E-state index is 13.4. The quantitative estimate of drug-likeness (QED) is 0.931. The molecule has 1 aliphatic rings. The topological polar surface area (TPSA) is 59.2 Å². The Morgan fingerprint density at radius 1 is 1.24 bits per heavy atom. The van der Waals surface area contributed by atoms with Crippen molar-refractivity contribution in [2.75, 3.05) is 13.1 Å². The summed E-state index contributed by atoms with van der Waals surface area (Å²) in [5, 5.41) is 0. The van der Waals surface area contributed by atoms with Gasteiger partial charge in [-0.15, -0.1) is 0 Å². The highest BCUT2D eigenvalue weighted by molar-refractivity contribution is 6.01. The summed E-state index contributed by atoms with van der Waals surface area (Å²) in [6.07, 6.45) is 4.01. The minimum absolute atomic E-state index is 0.0723. The van der Waals surface area contributed by atoms with Gasteiger partial charge in [-0.25, -0.2) is 0 Å². The number of nitrogens with two attached hydrogens (primary N) is 1. The van der Waals surface area contributed by atoms with Crippen LogP contribution in [0.1, 0.15) is 41.3 Å². The van der Waals surface area contributed by atoms with Gasteiger partial charge in [-0.1, -0.05) is 30.7 Å². The zero-order chi connectivity index (χ0) is 18.0. The number of hydrogen-bond acceptors (Lipinski definition) is 3. The number of nitrogens with zero attached hydrogens (tertiary/aromatic N) is 2. The molecule has 3 rings (SSSR count). The molecule has 1 saturated heterocycles. The summed E-state index contributed by atoms with van der Waals surface area (Å²) >= 11 is 0. The van der Waals surface area contributed by atoms with Crippen molar-refractivity contribution in [1.82, 2.24) is 9.88 Å². The second kappa shape index (κ2) is 7.36. The van der Waals surface area contributed by atoms with Crippen molar-refractivity contribution >= 4 is 5.91 Å². The van der Waals surface area contributed by atoms with E-state index in [1.54, 1.807) is 0 Å². The molecule has 132 valence electrons. The third-order valence-corrected chi connectivity index (χ3v) is 5.21. The van der Waals surface area contributed by atoms with Crippen LogP contribution in [0.15, 0.2) is 36.5 Å². The molecule has 0 aliphatic carbocycles. The predicted octanol–water partition coefficient (Wildman–Crippen LogP) is 3.56. The van der Waals surface area contributed by atoms with Crippen molar-refractivity contribution in [2.24, 2.45) is 11.7 Å². The fourth-order valence-corrected chi connectivity index (χ4v) is 3.70. The van der Waals surface area contributed by atoms with E-state index in [1.807, 2.05) is 55.3 Å². The maximum Gasteiger partial charge on any atom is 0.254 e. The van der Waals surface area contributed by atoms with Crippen LogP contribution in [0.2, 0.25) is 0 Å². The van der Waals surface area contributed by atoms with Crippen molar-refractivity contribution < 1.29 is 4.79 Å². The number of aromatic nitrogens is 1. The average Bonchev–Trinajstić information content (AvgIpc) is 2.61. The number of pyridine rings is 1. The smallest absolute Gasteiger partial charge is 0.254 e. The molecule has 2 aromatic rings. The lowest BCUT2D eigenvalue weighted by atomic mass is 9.89. The third kappa shape index (κ3) is 3.59. The highest BCUT2D eigenvalue weighted by Gasteiger charge is 2.32. The summed E-state index contributed by atoms with van der Waals surface area (Å²) in [5.74, 6) is 0.511. The van der Waals surface area contributed by atoms with E-state index >= 15 is 0 Å². The third-order valence-electron chi connectivity index (χ3n) is 5.21. The molecule has 4 heteroatoms. The molecule has 0 bridgehead atoms. The highest BCUT2D eigenvalue weighted by Crippen LogP contribution is 2.29. The lowest BCUT2D eigenvalue weighted by Crippen LogP contribution is -2.51. The Morgan fingerprint density at radius 2 is 2.00 bits per heavy atom. The second-order valence-electron chi connectivity index (χ2n) is 7.19. The van der Waals surface area contributed by atoms with Crippen LogP contribution in [0, 0.1) is 19.8 Å². The van der Waals surface area contributed by atoms with Gasteiger partial charge < -0.3 is 10.6 Å². The van der Waals surface area contributed by atoms with Crippen LogP contribution < -0.4 is 5.73 Å². The number of hydrogen-bond donors (Lipinski definition) is 1. The van der Waals surface area contributed by atoms with Gasteiger partial charge in [-0.2, -0.15) is 0 Å². The molecule has 1 fully saturated rings. The zero-order valence-corrected chi connectivity index (χ0v) is 15.3. The van der Waals surface area contributed by atoms with Gasteiger partial charge in [-0.3, -0.25) is 9.78 Å². The normalized spacial score (nSPS) is 20.6. The molecule has 1 aromatic carbocycles. The van der Waals surface area contributed by atoms with Crippen LogP contribution in [0.4, 0.5) is 0 Å². The zero-order valence-electron chi connectivity index (χ0n) is 15.3. The Hall–Kier alpha value is -2.20. The van der Waals surface area contributed by atoms with Gasteiger partial charge in [0, 0.05) is 36.5 Å². The lowest BCUT2D eigenvalue weighted by Gasteiger charge is -2.39. The number of likely N-dealkylation sites (tertiary alicyclic amines) is 1. The van der Waals surface area contributed by atoms with Gasteiger partial charge in [0.05, 0.1) is 5.69 Å². The monoisotopic (exact) mass is 337 g/mol. The van der Waals surface area contributed by atoms with E-state index in [4.69, 9.17) is 5.73 Å². The molecule has 25 heavy (non-hydrogen) atoms. The first-order valence-electron chi connectivity index (χ1n) is 9.06. The number of amides is 1. The molecule has 2 atom stereocenters. The number of rotatable bonds is 3. The molecule has 2 heterocycles. The second-order valence-corrected chi connectivity index (χ2v) is 7.19. The van der Waals surface area contributed by atoms with E-state index in [2.05, 4.69) is 11.9 Å². The van der Waals surface area contributed by atoms with E-state index in [9.17, 15) is 4.79 Å². The van der Waals surface area contributed by atoms with Crippen LogP contribution >= 0.6 is 0 Å². The number of aryl methyl sites for hydroxylation is 2. The molecule has 1 amide bonds. The van der Waals surface area contributed by atoms with Crippen LogP contribution in [0.25, 0.3) is 11.3 Å². The van der Waals surface area contributed by atoms with Crippen molar-refractivity contribution in [1.29, 1.82) is 0 Å². The highest BCUT2D eigenvalue weighted by atomic mass is 16.2. The van der Waals surface area contributed by atoms with Crippen LogP contribution in [-0.2, 0) is 0 Å². The Kier molecular flexibility index (Phi) is 5.19. The summed E-state index contributed by atoms with van der Waals surface area (Å²) in [4.78, 5) is 19.9. The fourth-order valence-electron chi connectivity index (χ4n) is 3.70. The van der Waals surface area contributed by atoms with Crippen LogP contribution in [0.3, 0.4) is 0 Å². The predicted molar refractivity (Wildman–Crippen MR) is 101 cm³/mol. The molecule has 0 radical (unpaired) electrons.